The van der Waals surface area contributed by atoms with Crippen LogP contribution < -0.4 is 0 Å². The molecule has 90 valence electrons. The summed E-state index contributed by atoms with van der Waals surface area (Å²) in [7, 11) is 0. The molecule has 0 radical (unpaired) electrons. The van der Waals surface area contributed by atoms with Crippen LogP contribution in [-0.4, -0.2) is 5.78 Å². The van der Waals surface area contributed by atoms with Crippen LogP contribution in [0.25, 0.3) is 0 Å². The van der Waals surface area contributed by atoms with Crippen LogP contribution in [0.4, 0.5) is 0 Å². The summed E-state index contributed by atoms with van der Waals surface area (Å²) < 4.78 is 4.83. The highest BCUT2D eigenvalue weighted by molar-refractivity contribution is 6.42. The van der Waals surface area contributed by atoms with Crippen molar-refractivity contribution >= 4 is 29.0 Å². The molecule has 2 aromatic rings. The summed E-state index contributed by atoms with van der Waals surface area (Å²) in [5.41, 5.74) is 0.866. The fraction of sp³-hybridized carbons (Fsp3) is 0.0769. The molecule has 1 aromatic heterocycles. The van der Waals surface area contributed by atoms with Gasteiger partial charge in [0, 0.05) is 0 Å². The maximum atomic E-state index is 12.1. The first-order chi connectivity index (χ1) is 8.63. The third-order valence-corrected chi connectivity index (χ3v) is 3.21. The Labute approximate surface area is 114 Å². The molecule has 1 heterocycles. The van der Waals surface area contributed by atoms with Crippen LogP contribution in [0.2, 0.25) is 10.0 Å². The van der Waals surface area contributed by atoms with Gasteiger partial charge in [-0.05, 0) is 23.8 Å². The van der Waals surface area contributed by atoms with E-state index in [4.69, 9.17) is 32.9 Å². The third kappa shape index (κ3) is 2.40. The highest BCUT2D eigenvalue weighted by Crippen LogP contribution is 2.28. The van der Waals surface area contributed by atoms with Crippen LogP contribution in [0, 0.1) is 11.3 Å². The first kappa shape index (κ1) is 12.7. The Morgan fingerprint density at radius 2 is 2.06 bits per heavy atom. The molecule has 0 N–H and O–H groups in total. The second-order valence-electron chi connectivity index (χ2n) is 3.61. The van der Waals surface area contributed by atoms with Crippen molar-refractivity contribution in [1.82, 2.24) is 0 Å². The highest BCUT2D eigenvalue weighted by atomic mass is 35.5. The van der Waals surface area contributed by atoms with Crippen LogP contribution in [-0.2, 0) is 0 Å². The number of ketones is 1. The molecule has 0 amide bonds. The van der Waals surface area contributed by atoms with E-state index >= 15 is 0 Å². The Kier molecular flexibility index (Phi) is 3.71. The summed E-state index contributed by atoms with van der Waals surface area (Å²) in [6, 6.07) is 8.17. The van der Waals surface area contributed by atoms with E-state index in [0.717, 1.165) is 0 Å². The van der Waals surface area contributed by atoms with Gasteiger partial charge in [-0.15, -0.1) is 0 Å². The highest BCUT2D eigenvalue weighted by Gasteiger charge is 2.23. The normalized spacial score (nSPS) is 11.8. The van der Waals surface area contributed by atoms with Gasteiger partial charge in [-0.25, -0.2) is 0 Å². The molecule has 18 heavy (non-hydrogen) atoms. The number of hydrogen-bond donors (Lipinski definition) is 0. The summed E-state index contributed by atoms with van der Waals surface area (Å²) in [5, 5.41) is 9.83. The van der Waals surface area contributed by atoms with E-state index in [2.05, 4.69) is 0 Å². The minimum Gasteiger partial charge on any atom is -0.472 e. The van der Waals surface area contributed by atoms with Gasteiger partial charge in [0.25, 0.3) is 0 Å². The standard InChI is InChI=1S/C13H7Cl2NO2/c14-11-2-1-8(5-12(11)15)10(6-16)13(17)9-3-4-18-7-9/h1-5,7,10H. The number of rotatable bonds is 3. The third-order valence-electron chi connectivity index (χ3n) is 2.47. The molecule has 1 unspecified atom stereocenters. The average molecular weight is 280 g/mol. The quantitative estimate of drug-likeness (QED) is 0.796. The van der Waals surface area contributed by atoms with E-state index < -0.39 is 5.92 Å². The zero-order valence-electron chi connectivity index (χ0n) is 9.06. The SMILES string of the molecule is N#CC(C(=O)c1ccoc1)c1ccc(Cl)c(Cl)c1. The van der Waals surface area contributed by atoms with Crippen LogP contribution in [0.1, 0.15) is 21.8 Å². The van der Waals surface area contributed by atoms with Gasteiger partial charge >= 0.3 is 0 Å². The predicted molar refractivity (Wildman–Crippen MR) is 67.9 cm³/mol. The van der Waals surface area contributed by atoms with Crippen molar-refractivity contribution < 1.29 is 9.21 Å². The summed E-state index contributed by atoms with van der Waals surface area (Å²) in [4.78, 5) is 12.1. The summed E-state index contributed by atoms with van der Waals surface area (Å²) in [6.07, 6.45) is 2.70. The number of nitrogens with zero attached hydrogens (tertiary/aromatic N) is 1. The van der Waals surface area contributed by atoms with Crippen molar-refractivity contribution in [3.63, 3.8) is 0 Å². The molecule has 0 spiro atoms. The molecule has 0 fully saturated rings. The molecule has 5 heteroatoms. The lowest BCUT2D eigenvalue weighted by atomic mass is 9.93. The van der Waals surface area contributed by atoms with E-state index in [1.54, 1.807) is 12.1 Å². The van der Waals surface area contributed by atoms with Crippen molar-refractivity contribution in [2.24, 2.45) is 0 Å². The second-order valence-corrected chi connectivity index (χ2v) is 4.43. The van der Waals surface area contributed by atoms with Crippen LogP contribution >= 0.6 is 23.2 Å². The van der Waals surface area contributed by atoms with E-state index in [1.807, 2.05) is 6.07 Å². The number of benzene rings is 1. The molecule has 0 aliphatic rings. The molecule has 1 atom stereocenters. The zero-order chi connectivity index (χ0) is 13.1. The van der Waals surface area contributed by atoms with E-state index in [-0.39, 0.29) is 5.78 Å². The van der Waals surface area contributed by atoms with Crippen LogP contribution in [0.3, 0.4) is 0 Å². The molecule has 2 rings (SSSR count). The molecule has 3 nitrogen and oxygen atoms in total. The van der Waals surface area contributed by atoms with Gasteiger partial charge in [-0.1, -0.05) is 29.3 Å². The first-order valence-corrected chi connectivity index (χ1v) is 5.80. The largest absolute Gasteiger partial charge is 0.472 e. The molecule has 1 aromatic carbocycles. The fourth-order valence-corrected chi connectivity index (χ4v) is 1.85. The number of carbonyl (C=O) groups is 1. The lowest BCUT2D eigenvalue weighted by molar-refractivity contribution is 0.0978. The van der Waals surface area contributed by atoms with E-state index in [0.29, 0.717) is 21.2 Å². The van der Waals surface area contributed by atoms with Crippen LogP contribution in [0.5, 0.6) is 0 Å². The van der Waals surface area contributed by atoms with Gasteiger partial charge in [-0.3, -0.25) is 4.79 Å². The minimum absolute atomic E-state index is 0.314. The van der Waals surface area contributed by atoms with Crippen molar-refractivity contribution in [3.05, 3.63) is 58.0 Å². The summed E-state index contributed by atoms with van der Waals surface area (Å²) in [5.74, 6) is -1.25. The molecule has 0 aliphatic carbocycles. The van der Waals surface area contributed by atoms with Crippen molar-refractivity contribution in [2.45, 2.75) is 5.92 Å². The molecule has 0 saturated heterocycles. The van der Waals surface area contributed by atoms with Gasteiger partial charge < -0.3 is 4.42 Å². The number of Topliss-reactive ketones (excluding diaryl/α,β-unsaturated/α-hetero) is 1. The lowest BCUT2D eigenvalue weighted by Gasteiger charge is -2.08. The minimum atomic E-state index is -0.919. The van der Waals surface area contributed by atoms with Crippen molar-refractivity contribution in [2.75, 3.05) is 0 Å². The van der Waals surface area contributed by atoms with E-state index in [1.165, 1.54) is 24.7 Å². The van der Waals surface area contributed by atoms with Gasteiger partial charge in [0.1, 0.15) is 12.2 Å². The number of halogens is 2. The topological polar surface area (TPSA) is 54.0 Å². The molecular weight excluding hydrogens is 273 g/mol. The molecule has 0 bridgehead atoms. The number of nitriles is 1. The smallest absolute Gasteiger partial charge is 0.187 e. The molecule has 0 aliphatic heterocycles. The average Bonchev–Trinajstić information content (AvgIpc) is 2.88. The monoisotopic (exact) mass is 279 g/mol. The lowest BCUT2D eigenvalue weighted by Crippen LogP contribution is -2.10. The molecule has 0 saturated carbocycles. The first-order valence-electron chi connectivity index (χ1n) is 5.04. The Bertz CT molecular complexity index is 614. The fourth-order valence-electron chi connectivity index (χ4n) is 1.55. The number of carbonyl (C=O) groups excluding carboxylic acids is 1. The maximum Gasteiger partial charge on any atom is 0.187 e. The maximum absolute atomic E-state index is 12.1. The number of furan rings is 1. The Morgan fingerprint density at radius 1 is 1.28 bits per heavy atom. The zero-order valence-corrected chi connectivity index (χ0v) is 10.6. The predicted octanol–water partition coefficient (Wildman–Crippen LogP) is 4.08. The van der Waals surface area contributed by atoms with Crippen molar-refractivity contribution in [1.29, 1.82) is 5.26 Å². The Morgan fingerprint density at radius 3 is 2.61 bits per heavy atom. The summed E-state index contributed by atoms with van der Waals surface area (Å²) in [6.45, 7) is 0. The summed E-state index contributed by atoms with van der Waals surface area (Å²) >= 11 is 11.7. The van der Waals surface area contributed by atoms with Gasteiger partial charge in [0.05, 0.1) is 27.9 Å². The second kappa shape index (κ2) is 5.26. The van der Waals surface area contributed by atoms with Gasteiger partial charge in [0.15, 0.2) is 5.78 Å². The van der Waals surface area contributed by atoms with Crippen molar-refractivity contribution in [3.8, 4) is 6.07 Å². The molecular formula is C13H7Cl2NO2. The van der Waals surface area contributed by atoms with Gasteiger partial charge in [-0.2, -0.15) is 5.26 Å². The van der Waals surface area contributed by atoms with Gasteiger partial charge in [0.2, 0.25) is 0 Å². The Hall–Kier alpha value is -1.76. The van der Waals surface area contributed by atoms with Crippen LogP contribution in [0.15, 0.2) is 41.2 Å². The Balaban J connectivity index is 2.37. The number of hydrogen-bond acceptors (Lipinski definition) is 3. The van der Waals surface area contributed by atoms with E-state index in [9.17, 15) is 4.79 Å².